The van der Waals surface area contributed by atoms with Gasteiger partial charge in [-0.15, -0.1) is 0 Å². The summed E-state index contributed by atoms with van der Waals surface area (Å²) in [5.74, 6) is 1.50. The lowest BCUT2D eigenvalue weighted by Gasteiger charge is -2.14. The quantitative estimate of drug-likeness (QED) is 0.815. The van der Waals surface area contributed by atoms with Crippen molar-refractivity contribution in [2.75, 3.05) is 17.7 Å². The third-order valence-electron chi connectivity index (χ3n) is 1.97. The predicted molar refractivity (Wildman–Crippen MR) is 57.3 cm³/mol. The van der Waals surface area contributed by atoms with Crippen LogP contribution in [0.25, 0.3) is 0 Å². The smallest absolute Gasteiger partial charge is 0.225 e. The number of nitrogens with zero attached hydrogens (tertiary/aromatic N) is 3. The van der Waals surface area contributed by atoms with E-state index in [0.29, 0.717) is 18.2 Å². The maximum Gasteiger partial charge on any atom is 0.225 e. The van der Waals surface area contributed by atoms with Crippen molar-refractivity contribution in [3.05, 3.63) is 36.5 Å². The van der Waals surface area contributed by atoms with Gasteiger partial charge in [-0.05, 0) is 12.1 Å². The van der Waals surface area contributed by atoms with Crippen LogP contribution < -0.4 is 10.6 Å². The van der Waals surface area contributed by atoms with Crippen molar-refractivity contribution in [2.45, 2.75) is 6.54 Å². The van der Waals surface area contributed by atoms with Gasteiger partial charge in [0.2, 0.25) is 5.95 Å². The van der Waals surface area contributed by atoms with Gasteiger partial charge in [-0.1, -0.05) is 0 Å². The SMILES string of the molecule is CN(Cc1ccco1)c1ncc(N)cn1. The minimum Gasteiger partial charge on any atom is -0.467 e. The molecule has 0 aliphatic carbocycles. The van der Waals surface area contributed by atoms with Crippen LogP contribution >= 0.6 is 0 Å². The van der Waals surface area contributed by atoms with Gasteiger partial charge in [-0.25, -0.2) is 9.97 Å². The molecular formula is C10H12N4O. The van der Waals surface area contributed by atoms with Crippen LogP contribution in [0.4, 0.5) is 11.6 Å². The largest absolute Gasteiger partial charge is 0.467 e. The Bertz CT molecular complexity index is 409. The highest BCUT2D eigenvalue weighted by Crippen LogP contribution is 2.10. The highest BCUT2D eigenvalue weighted by molar-refractivity contribution is 5.37. The number of hydrogen-bond acceptors (Lipinski definition) is 5. The highest BCUT2D eigenvalue weighted by atomic mass is 16.3. The Kier molecular flexibility index (Phi) is 2.53. The number of furan rings is 1. The molecule has 2 aromatic rings. The van der Waals surface area contributed by atoms with Crippen molar-refractivity contribution in [1.29, 1.82) is 0 Å². The second kappa shape index (κ2) is 4.00. The van der Waals surface area contributed by atoms with E-state index in [9.17, 15) is 0 Å². The Morgan fingerprint density at radius 3 is 2.73 bits per heavy atom. The van der Waals surface area contributed by atoms with E-state index in [1.54, 1.807) is 18.7 Å². The zero-order valence-electron chi connectivity index (χ0n) is 8.42. The molecule has 0 aliphatic rings. The molecule has 0 saturated heterocycles. The molecule has 5 nitrogen and oxygen atoms in total. The summed E-state index contributed by atoms with van der Waals surface area (Å²) in [4.78, 5) is 10.1. The minimum absolute atomic E-state index is 0.560. The summed E-state index contributed by atoms with van der Waals surface area (Å²) in [7, 11) is 1.90. The molecule has 15 heavy (non-hydrogen) atoms. The maximum absolute atomic E-state index is 5.50. The first kappa shape index (κ1) is 9.51. The number of nitrogen functional groups attached to an aromatic ring is 1. The van der Waals surface area contributed by atoms with Gasteiger partial charge in [-0.3, -0.25) is 0 Å². The Morgan fingerprint density at radius 2 is 2.13 bits per heavy atom. The molecule has 5 heteroatoms. The molecule has 78 valence electrons. The van der Waals surface area contributed by atoms with Crippen LogP contribution in [-0.2, 0) is 6.54 Å². The fourth-order valence-electron chi connectivity index (χ4n) is 1.24. The van der Waals surface area contributed by atoms with Gasteiger partial charge in [0.15, 0.2) is 0 Å². The molecule has 0 spiro atoms. The summed E-state index contributed by atoms with van der Waals surface area (Å²) in [6.45, 7) is 0.636. The van der Waals surface area contributed by atoms with Crippen molar-refractivity contribution < 1.29 is 4.42 Å². The molecule has 0 bridgehead atoms. The first-order chi connectivity index (χ1) is 7.25. The van der Waals surface area contributed by atoms with E-state index in [1.165, 1.54) is 0 Å². The van der Waals surface area contributed by atoms with Crippen LogP contribution in [0.2, 0.25) is 0 Å². The molecule has 0 saturated carbocycles. The molecule has 0 aromatic carbocycles. The van der Waals surface area contributed by atoms with Crippen molar-refractivity contribution in [3.8, 4) is 0 Å². The van der Waals surface area contributed by atoms with Gasteiger partial charge in [0.25, 0.3) is 0 Å². The standard InChI is InChI=1S/C10H12N4O/c1-14(7-9-3-2-4-15-9)10-12-5-8(11)6-13-10/h2-6H,7,11H2,1H3. The fourth-order valence-corrected chi connectivity index (χ4v) is 1.24. The van der Waals surface area contributed by atoms with E-state index in [4.69, 9.17) is 10.2 Å². The van der Waals surface area contributed by atoms with E-state index in [0.717, 1.165) is 5.76 Å². The van der Waals surface area contributed by atoms with E-state index in [-0.39, 0.29) is 0 Å². The normalized spacial score (nSPS) is 10.2. The molecular weight excluding hydrogens is 192 g/mol. The number of anilines is 2. The van der Waals surface area contributed by atoms with Crippen molar-refractivity contribution in [2.24, 2.45) is 0 Å². The van der Waals surface area contributed by atoms with Crippen molar-refractivity contribution >= 4 is 11.6 Å². The molecule has 2 aromatic heterocycles. The van der Waals surface area contributed by atoms with Gasteiger partial charge >= 0.3 is 0 Å². The highest BCUT2D eigenvalue weighted by Gasteiger charge is 2.05. The zero-order chi connectivity index (χ0) is 10.7. The van der Waals surface area contributed by atoms with E-state index < -0.39 is 0 Å². The minimum atomic E-state index is 0.560. The second-order valence-corrected chi connectivity index (χ2v) is 3.25. The average Bonchev–Trinajstić information content (AvgIpc) is 2.71. The van der Waals surface area contributed by atoms with Gasteiger partial charge in [0.1, 0.15) is 5.76 Å². The number of rotatable bonds is 3. The first-order valence-corrected chi connectivity index (χ1v) is 4.57. The molecule has 2 heterocycles. The summed E-state index contributed by atoms with van der Waals surface area (Å²) in [6, 6.07) is 3.76. The van der Waals surface area contributed by atoms with Crippen LogP contribution in [-0.4, -0.2) is 17.0 Å². The van der Waals surface area contributed by atoms with E-state index in [2.05, 4.69) is 9.97 Å². The Balaban J connectivity index is 2.08. The summed E-state index contributed by atoms with van der Waals surface area (Å²) < 4.78 is 5.23. The molecule has 0 radical (unpaired) electrons. The first-order valence-electron chi connectivity index (χ1n) is 4.57. The van der Waals surface area contributed by atoms with Crippen molar-refractivity contribution in [1.82, 2.24) is 9.97 Å². The Hall–Kier alpha value is -2.04. The molecule has 0 fully saturated rings. The van der Waals surface area contributed by atoms with Crippen LogP contribution in [0.15, 0.2) is 35.2 Å². The van der Waals surface area contributed by atoms with E-state index in [1.807, 2.05) is 24.1 Å². The van der Waals surface area contributed by atoms with Gasteiger partial charge in [-0.2, -0.15) is 0 Å². The fraction of sp³-hybridized carbons (Fsp3) is 0.200. The third-order valence-corrected chi connectivity index (χ3v) is 1.97. The van der Waals surface area contributed by atoms with Crippen LogP contribution in [0, 0.1) is 0 Å². The van der Waals surface area contributed by atoms with Crippen molar-refractivity contribution in [3.63, 3.8) is 0 Å². The zero-order valence-corrected chi connectivity index (χ0v) is 8.42. The van der Waals surface area contributed by atoms with Crippen LogP contribution in [0.1, 0.15) is 5.76 Å². The lowest BCUT2D eigenvalue weighted by molar-refractivity contribution is 0.506. The average molecular weight is 204 g/mol. The maximum atomic E-state index is 5.50. The van der Waals surface area contributed by atoms with Crippen LogP contribution in [0.5, 0.6) is 0 Å². The topological polar surface area (TPSA) is 68.2 Å². The third kappa shape index (κ3) is 2.25. The molecule has 0 atom stereocenters. The second-order valence-electron chi connectivity index (χ2n) is 3.25. The van der Waals surface area contributed by atoms with Gasteiger partial charge in [0.05, 0.1) is 30.9 Å². The molecule has 0 aliphatic heterocycles. The monoisotopic (exact) mass is 204 g/mol. The van der Waals surface area contributed by atoms with E-state index >= 15 is 0 Å². The lowest BCUT2D eigenvalue weighted by atomic mass is 10.4. The molecule has 2 rings (SSSR count). The predicted octanol–water partition coefficient (Wildman–Crippen LogP) is 1.29. The molecule has 0 unspecified atom stereocenters. The molecule has 2 N–H and O–H groups in total. The summed E-state index contributed by atoms with van der Waals surface area (Å²) in [6.07, 6.45) is 4.81. The summed E-state index contributed by atoms with van der Waals surface area (Å²) in [5.41, 5.74) is 6.06. The number of hydrogen-bond donors (Lipinski definition) is 1. The Labute approximate surface area is 87.6 Å². The Morgan fingerprint density at radius 1 is 1.40 bits per heavy atom. The number of nitrogens with two attached hydrogens (primary N) is 1. The number of aromatic nitrogens is 2. The molecule has 0 amide bonds. The summed E-state index contributed by atoms with van der Waals surface area (Å²) >= 11 is 0. The van der Waals surface area contributed by atoms with Crippen LogP contribution in [0.3, 0.4) is 0 Å². The van der Waals surface area contributed by atoms with Gasteiger partial charge < -0.3 is 15.1 Å². The lowest BCUT2D eigenvalue weighted by Crippen LogP contribution is -2.18. The van der Waals surface area contributed by atoms with Gasteiger partial charge in [0, 0.05) is 7.05 Å². The summed E-state index contributed by atoms with van der Waals surface area (Å²) in [5, 5.41) is 0.